The van der Waals surface area contributed by atoms with Gasteiger partial charge in [-0.2, -0.15) is 0 Å². The maximum atomic E-state index is 15.5. The summed E-state index contributed by atoms with van der Waals surface area (Å²) in [7, 11) is 2.03. The van der Waals surface area contributed by atoms with E-state index in [4.69, 9.17) is 4.42 Å². The highest BCUT2D eigenvalue weighted by Gasteiger charge is 2.23. The van der Waals surface area contributed by atoms with Crippen molar-refractivity contribution in [1.29, 1.82) is 0 Å². The number of fused-ring (bicyclic) bond motifs is 3. The van der Waals surface area contributed by atoms with Crippen molar-refractivity contribution in [3.8, 4) is 44.6 Å². The van der Waals surface area contributed by atoms with E-state index in [-0.39, 0.29) is 5.82 Å². The van der Waals surface area contributed by atoms with Crippen LogP contribution in [0.25, 0.3) is 66.6 Å². The number of aromatic nitrogens is 1. The van der Waals surface area contributed by atoms with E-state index in [0.717, 1.165) is 55.4 Å². The second-order valence-electron chi connectivity index (χ2n) is 10.3. The van der Waals surface area contributed by atoms with Crippen LogP contribution in [0.3, 0.4) is 0 Å². The summed E-state index contributed by atoms with van der Waals surface area (Å²) in [5.74, 6) is -0.297. The van der Waals surface area contributed by atoms with Gasteiger partial charge < -0.3 is 4.42 Å². The number of halogens is 1. The van der Waals surface area contributed by atoms with E-state index in [1.54, 1.807) is 6.07 Å². The molecular formula is C37H27FNO+. The molecule has 0 N–H and O–H groups in total. The number of hydrogen-bond acceptors (Lipinski definition) is 1. The molecule has 0 unspecified atom stereocenters. The normalized spacial score (nSPS) is 11.4. The van der Waals surface area contributed by atoms with Crippen LogP contribution in [-0.2, 0) is 7.05 Å². The predicted octanol–water partition coefficient (Wildman–Crippen LogP) is 9.53. The lowest BCUT2D eigenvalue weighted by atomic mass is 9.96. The topological polar surface area (TPSA) is 17.0 Å². The number of nitrogens with zero attached hydrogens (tertiary/aromatic N) is 1. The minimum atomic E-state index is -0.297. The quantitative estimate of drug-likeness (QED) is 0.211. The number of hydrogen-bond donors (Lipinski definition) is 0. The Bertz CT molecular complexity index is 2020. The van der Waals surface area contributed by atoms with Crippen molar-refractivity contribution in [2.75, 3.05) is 0 Å². The lowest BCUT2D eigenvalue weighted by molar-refractivity contribution is -0.660. The number of benzene rings is 5. The van der Waals surface area contributed by atoms with E-state index in [1.807, 2.05) is 61.8 Å². The van der Waals surface area contributed by atoms with Crippen molar-refractivity contribution in [2.24, 2.45) is 7.05 Å². The molecule has 2 nitrogen and oxygen atoms in total. The summed E-state index contributed by atoms with van der Waals surface area (Å²) in [4.78, 5) is 0. The first kappa shape index (κ1) is 24.1. The second kappa shape index (κ2) is 9.62. The molecule has 0 fully saturated rings. The number of rotatable bonds is 4. The van der Waals surface area contributed by atoms with Crippen LogP contribution in [0.5, 0.6) is 0 Å². The van der Waals surface area contributed by atoms with Gasteiger partial charge >= 0.3 is 0 Å². The number of pyridine rings is 1. The van der Waals surface area contributed by atoms with Crippen LogP contribution in [-0.4, -0.2) is 0 Å². The van der Waals surface area contributed by atoms with Crippen molar-refractivity contribution in [1.82, 2.24) is 0 Å². The predicted molar refractivity (Wildman–Crippen MR) is 161 cm³/mol. The first-order valence-electron chi connectivity index (χ1n) is 13.4. The molecule has 0 aliphatic carbocycles. The van der Waals surface area contributed by atoms with Gasteiger partial charge in [0.25, 0.3) is 0 Å². The van der Waals surface area contributed by atoms with Gasteiger partial charge in [-0.1, -0.05) is 84.9 Å². The Balaban J connectivity index is 1.35. The Labute approximate surface area is 232 Å². The van der Waals surface area contributed by atoms with Gasteiger partial charge in [0.15, 0.2) is 6.20 Å². The highest BCUT2D eigenvalue weighted by molar-refractivity contribution is 6.13. The number of aryl methyl sites for hydroxylation is 2. The summed E-state index contributed by atoms with van der Waals surface area (Å²) in [5, 5.41) is 1.89. The van der Waals surface area contributed by atoms with Crippen LogP contribution < -0.4 is 4.57 Å². The standard InChI is InChI=1S/C37H27FNO/c1-24-14-19-30-31-20-21-32(38)35(37(31)40-36(30)34(24)33-13-6-7-22-39(33)2)27-17-15-26(16-18-27)29-12-8-11-28(23-29)25-9-4-3-5-10-25/h3-23H,1-2H3/q+1. The first-order valence-corrected chi connectivity index (χ1v) is 13.4. The van der Waals surface area contributed by atoms with Crippen molar-refractivity contribution in [3.63, 3.8) is 0 Å². The zero-order chi connectivity index (χ0) is 27.2. The molecule has 0 saturated heterocycles. The van der Waals surface area contributed by atoms with Gasteiger partial charge in [0, 0.05) is 22.9 Å². The molecule has 7 aromatic rings. The lowest BCUT2D eigenvalue weighted by Gasteiger charge is -2.09. The molecular weight excluding hydrogens is 493 g/mol. The summed E-state index contributed by atoms with van der Waals surface area (Å²) in [5.41, 5.74) is 10.3. The molecule has 0 amide bonds. The van der Waals surface area contributed by atoms with E-state index in [9.17, 15) is 0 Å². The fourth-order valence-corrected chi connectivity index (χ4v) is 5.69. The maximum absolute atomic E-state index is 15.5. The van der Waals surface area contributed by atoms with E-state index in [0.29, 0.717) is 11.1 Å². The molecule has 0 radical (unpaired) electrons. The molecule has 5 aromatic carbocycles. The molecule has 0 atom stereocenters. The molecule has 7 rings (SSSR count). The van der Waals surface area contributed by atoms with Gasteiger partial charge in [0.2, 0.25) is 5.69 Å². The SMILES string of the molecule is Cc1ccc2c(oc3c(-c4ccc(-c5cccc(-c6ccccc6)c5)cc4)c(F)ccc32)c1-c1cccc[n+]1C. The summed E-state index contributed by atoms with van der Waals surface area (Å²) in [6.07, 6.45) is 2.03. The Morgan fingerprint density at radius 1 is 0.550 bits per heavy atom. The van der Waals surface area contributed by atoms with Gasteiger partial charge in [-0.25, -0.2) is 8.96 Å². The Morgan fingerprint density at radius 3 is 1.88 bits per heavy atom. The van der Waals surface area contributed by atoms with Gasteiger partial charge in [0.1, 0.15) is 24.0 Å². The molecule has 0 spiro atoms. The van der Waals surface area contributed by atoms with Crippen molar-refractivity contribution in [3.05, 3.63) is 139 Å². The second-order valence-corrected chi connectivity index (χ2v) is 10.3. The molecule has 0 aliphatic rings. The first-order chi connectivity index (χ1) is 19.6. The van der Waals surface area contributed by atoms with Crippen LogP contribution >= 0.6 is 0 Å². The van der Waals surface area contributed by atoms with Crippen molar-refractivity contribution >= 4 is 21.9 Å². The monoisotopic (exact) mass is 520 g/mol. The van der Waals surface area contributed by atoms with Crippen molar-refractivity contribution < 1.29 is 13.4 Å². The number of furan rings is 1. The van der Waals surface area contributed by atoms with Gasteiger partial charge in [0.05, 0.1) is 11.1 Å². The van der Waals surface area contributed by atoms with Gasteiger partial charge in [-0.15, -0.1) is 0 Å². The average Bonchev–Trinajstić information content (AvgIpc) is 3.37. The fourth-order valence-electron chi connectivity index (χ4n) is 5.69. The van der Waals surface area contributed by atoms with E-state index >= 15 is 4.39 Å². The van der Waals surface area contributed by atoms with Crippen LogP contribution in [0, 0.1) is 12.7 Å². The summed E-state index contributed by atoms with van der Waals surface area (Å²) in [6.45, 7) is 2.09. The lowest BCUT2D eigenvalue weighted by Crippen LogP contribution is -2.30. The fraction of sp³-hybridized carbons (Fsp3) is 0.0541. The molecule has 0 saturated carbocycles. The minimum Gasteiger partial charge on any atom is -0.454 e. The Kier molecular flexibility index (Phi) is 5.78. The molecule has 0 aliphatic heterocycles. The van der Waals surface area contributed by atoms with Crippen LogP contribution in [0.1, 0.15) is 5.56 Å². The van der Waals surface area contributed by atoms with E-state index < -0.39 is 0 Å². The summed E-state index contributed by atoms with van der Waals surface area (Å²) >= 11 is 0. The molecule has 0 bridgehead atoms. The highest BCUT2D eigenvalue weighted by Crippen LogP contribution is 2.42. The third-order valence-corrected chi connectivity index (χ3v) is 7.75. The van der Waals surface area contributed by atoms with E-state index in [2.05, 4.69) is 78.2 Å². The van der Waals surface area contributed by atoms with E-state index in [1.165, 1.54) is 5.56 Å². The third kappa shape index (κ3) is 3.99. The molecule has 40 heavy (non-hydrogen) atoms. The van der Waals surface area contributed by atoms with Gasteiger partial charge in [-0.3, -0.25) is 0 Å². The zero-order valence-electron chi connectivity index (χ0n) is 22.4. The smallest absolute Gasteiger partial charge is 0.216 e. The minimum absolute atomic E-state index is 0.297. The maximum Gasteiger partial charge on any atom is 0.216 e. The largest absolute Gasteiger partial charge is 0.454 e. The molecule has 2 heterocycles. The van der Waals surface area contributed by atoms with Crippen molar-refractivity contribution in [2.45, 2.75) is 6.92 Å². The van der Waals surface area contributed by atoms with Gasteiger partial charge in [-0.05, 0) is 64.6 Å². The molecule has 3 heteroatoms. The van der Waals surface area contributed by atoms with Crippen LogP contribution in [0.4, 0.5) is 4.39 Å². The molecule has 2 aromatic heterocycles. The highest BCUT2D eigenvalue weighted by atomic mass is 19.1. The third-order valence-electron chi connectivity index (χ3n) is 7.75. The average molecular weight is 521 g/mol. The zero-order valence-corrected chi connectivity index (χ0v) is 22.4. The molecule has 192 valence electrons. The van der Waals surface area contributed by atoms with Crippen LogP contribution in [0.2, 0.25) is 0 Å². The summed E-state index contributed by atoms with van der Waals surface area (Å²) < 4.78 is 24.2. The van der Waals surface area contributed by atoms with Crippen LogP contribution in [0.15, 0.2) is 132 Å². The summed E-state index contributed by atoms with van der Waals surface area (Å²) in [6, 6.07) is 40.6. The Hall–Kier alpha value is -5.02. The Morgan fingerprint density at radius 2 is 1.15 bits per heavy atom.